The minimum absolute atomic E-state index is 0.287. The second-order valence-electron chi connectivity index (χ2n) is 5.76. The molecule has 1 atom stereocenters. The van der Waals surface area contributed by atoms with Crippen LogP contribution in [0.3, 0.4) is 0 Å². The van der Waals surface area contributed by atoms with Gasteiger partial charge in [-0.05, 0) is 45.3 Å². The first-order chi connectivity index (χ1) is 9.43. The number of nitrogens with zero attached hydrogens (tertiary/aromatic N) is 2. The number of piperidine rings is 1. The third-order valence-electron chi connectivity index (χ3n) is 3.89. The molecule has 0 bridgehead atoms. The Bertz CT molecular complexity index is 328. The highest BCUT2D eigenvalue weighted by molar-refractivity contribution is 5.82. The highest BCUT2D eigenvalue weighted by Gasteiger charge is 2.23. The molecular formula is C14H27N3O3. The van der Waals surface area contributed by atoms with Gasteiger partial charge in [-0.3, -0.25) is 0 Å². The number of amides is 2. The lowest BCUT2D eigenvalue weighted by Crippen LogP contribution is -2.48. The molecule has 1 aliphatic rings. The topological polar surface area (TPSA) is 72.9 Å². The number of carboxylic acids is 1. The zero-order valence-corrected chi connectivity index (χ0v) is 12.8. The molecule has 0 unspecified atom stereocenters. The molecular weight excluding hydrogens is 258 g/mol. The average molecular weight is 285 g/mol. The van der Waals surface area contributed by atoms with Gasteiger partial charge in [-0.1, -0.05) is 13.3 Å². The van der Waals surface area contributed by atoms with Crippen LogP contribution in [0.25, 0.3) is 0 Å². The number of likely N-dealkylation sites (tertiary alicyclic amines) is 1. The van der Waals surface area contributed by atoms with Crippen molar-refractivity contribution in [3.8, 4) is 0 Å². The molecule has 1 aliphatic heterocycles. The van der Waals surface area contributed by atoms with E-state index in [4.69, 9.17) is 5.11 Å². The van der Waals surface area contributed by atoms with E-state index in [1.807, 2.05) is 6.92 Å². The maximum Gasteiger partial charge on any atom is 0.326 e. The van der Waals surface area contributed by atoms with Gasteiger partial charge in [0.25, 0.3) is 0 Å². The molecule has 2 amide bonds. The smallest absolute Gasteiger partial charge is 0.326 e. The van der Waals surface area contributed by atoms with Crippen LogP contribution in [-0.2, 0) is 4.79 Å². The molecule has 0 radical (unpaired) electrons. The van der Waals surface area contributed by atoms with Gasteiger partial charge in [0.05, 0.1) is 0 Å². The normalized spacial score (nSPS) is 18.6. The Morgan fingerprint density at radius 3 is 2.50 bits per heavy atom. The fourth-order valence-electron chi connectivity index (χ4n) is 2.52. The highest BCUT2D eigenvalue weighted by Crippen LogP contribution is 2.16. The summed E-state index contributed by atoms with van der Waals surface area (Å²) in [4.78, 5) is 26.9. The van der Waals surface area contributed by atoms with E-state index in [0.717, 1.165) is 32.4 Å². The lowest BCUT2D eigenvalue weighted by atomic mass is 9.97. The van der Waals surface area contributed by atoms with Crippen LogP contribution < -0.4 is 5.32 Å². The number of rotatable bonds is 6. The van der Waals surface area contributed by atoms with Gasteiger partial charge < -0.3 is 20.2 Å². The van der Waals surface area contributed by atoms with Crippen molar-refractivity contribution in [2.75, 3.05) is 33.7 Å². The van der Waals surface area contributed by atoms with Gasteiger partial charge in [0, 0.05) is 13.6 Å². The summed E-state index contributed by atoms with van der Waals surface area (Å²) >= 11 is 0. The molecule has 20 heavy (non-hydrogen) atoms. The summed E-state index contributed by atoms with van der Waals surface area (Å²) in [7, 11) is 3.84. The van der Waals surface area contributed by atoms with Gasteiger partial charge >= 0.3 is 12.0 Å². The van der Waals surface area contributed by atoms with Crippen molar-refractivity contribution in [3.05, 3.63) is 0 Å². The number of carbonyl (C=O) groups excluding carboxylic acids is 1. The fraction of sp³-hybridized carbons (Fsp3) is 0.857. The number of hydrogen-bond donors (Lipinski definition) is 2. The Morgan fingerprint density at radius 1 is 1.40 bits per heavy atom. The molecule has 2 N–H and O–H groups in total. The zero-order chi connectivity index (χ0) is 15.1. The summed E-state index contributed by atoms with van der Waals surface area (Å²) in [6, 6.07) is -1.07. The van der Waals surface area contributed by atoms with Crippen LogP contribution in [0.4, 0.5) is 4.79 Å². The van der Waals surface area contributed by atoms with Crippen molar-refractivity contribution in [2.24, 2.45) is 5.92 Å². The van der Waals surface area contributed by atoms with Gasteiger partial charge in [0.15, 0.2) is 0 Å². The minimum atomic E-state index is -0.965. The third-order valence-corrected chi connectivity index (χ3v) is 3.89. The quantitative estimate of drug-likeness (QED) is 0.769. The molecule has 1 saturated heterocycles. The average Bonchev–Trinajstić information content (AvgIpc) is 2.40. The largest absolute Gasteiger partial charge is 0.480 e. The Balaban J connectivity index is 2.39. The third kappa shape index (κ3) is 5.36. The van der Waals surface area contributed by atoms with E-state index in [-0.39, 0.29) is 6.03 Å². The van der Waals surface area contributed by atoms with E-state index in [9.17, 15) is 9.59 Å². The molecule has 0 aliphatic carbocycles. The summed E-state index contributed by atoms with van der Waals surface area (Å²) < 4.78 is 0. The standard InChI is InChI=1S/C14H27N3O3/c1-4-5-12(13(18)19)15-14(20)17(3)10-11-6-8-16(2)9-7-11/h11-12H,4-10H2,1-3H3,(H,15,20)(H,18,19)/t12-/m1/s1. The Labute approximate surface area is 121 Å². The maximum atomic E-state index is 12.0. The Morgan fingerprint density at radius 2 is 2.00 bits per heavy atom. The van der Waals surface area contributed by atoms with Crippen LogP contribution in [0.1, 0.15) is 32.6 Å². The van der Waals surface area contributed by atoms with E-state index in [0.29, 0.717) is 18.9 Å². The fourth-order valence-corrected chi connectivity index (χ4v) is 2.52. The van der Waals surface area contributed by atoms with E-state index in [2.05, 4.69) is 17.3 Å². The van der Waals surface area contributed by atoms with E-state index >= 15 is 0 Å². The van der Waals surface area contributed by atoms with Crippen molar-refractivity contribution in [2.45, 2.75) is 38.6 Å². The van der Waals surface area contributed by atoms with Gasteiger partial charge in [0.1, 0.15) is 6.04 Å². The predicted molar refractivity (Wildman–Crippen MR) is 77.7 cm³/mol. The van der Waals surface area contributed by atoms with E-state index < -0.39 is 12.0 Å². The predicted octanol–water partition coefficient (Wildman–Crippen LogP) is 1.22. The number of hydrogen-bond acceptors (Lipinski definition) is 3. The molecule has 1 heterocycles. The van der Waals surface area contributed by atoms with Crippen molar-refractivity contribution < 1.29 is 14.7 Å². The maximum absolute atomic E-state index is 12.0. The summed E-state index contributed by atoms with van der Waals surface area (Å²) in [6.07, 6.45) is 3.37. The van der Waals surface area contributed by atoms with Crippen LogP contribution in [0.15, 0.2) is 0 Å². The van der Waals surface area contributed by atoms with Crippen LogP contribution in [0, 0.1) is 5.92 Å². The second-order valence-corrected chi connectivity index (χ2v) is 5.76. The van der Waals surface area contributed by atoms with Crippen LogP contribution in [0.5, 0.6) is 0 Å². The first kappa shape index (κ1) is 16.8. The summed E-state index contributed by atoms with van der Waals surface area (Å²) in [5.41, 5.74) is 0. The number of urea groups is 1. The number of nitrogens with one attached hydrogen (secondary N) is 1. The van der Waals surface area contributed by atoms with E-state index in [1.54, 1.807) is 11.9 Å². The lowest BCUT2D eigenvalue weighted by molar-refractivity contribution is -0.139. The molecule has 0 saturated carbocycles. The molecule has 6 nitrogen and oxygen atoms in total. The number of carbonyl (C=O) groups is 2. The molecule has 0 aromatic heterocycles. The van der Waals surface area contributed by atoms with Gasteiger partial charge in [0.2, 0.25) is 0 Å². The number of carboxylic acid groups (broad SMARTS) is 1. The molecule has 6 heteroatoms. The van der Waals surface area contributed by atoms with E-state index in [1.165, 1.54) is 0 Å². The Hall–Kier alpha value is -1.30. The molecule has 0 aromatic carbocycles. The number of aliphatic carboxylic acids is 1. The van der Waals surface area contributed by atoms with Crippen LogP contribution in [-0.4, -0.2) is 66.7 Å². The van der Waals surface area contributed by atoms with Crippen molar-refractivity contribution in [3.63, 3.8) is 0 Å². The van der Waals surface area contributed by atoms with Crippen molar-refractivity contribution >= 4 is 12.0 Å². The zero-order valence-electron chi connectivity index (χ0n) is 12.8. The molecule has 0 aromatic rings. The first-order valence-electron chi connectivity index (χ1n) is 7.37. The summed E-state index contributed by atoms with van der Waals surface area (Å²) in [6.45, 7) is 4.73. The molecule has 0 spiro atoms. The molecule has 1 rings (SSSR count). The molecule has 1 fully saturated rings. The second kappa shape index (κ2) is 8.09. The first-order valence-corrected chi connectivity index (χ1v) is 7.37. The molecule has 116 valence electrons. The van der Waals surface area contributed by atoms with Gasteiger partial charge in [-0.25, -0.2) is 9.59 Å². The SMILES string of the molecule is CCC[C@@H](NC(=O)N(C)CC1CCN(C)CC1)C(=O)O. The highest BCUT2D eigenvalue weighted by atomic mass is 16.4. The van der Waals surface area contributed by atoms with Crippen LogP contribution in [0.2, 0.25) is 0 Å². The Kier molecular flexibility index (Phi) is 6.78. The summed E-state index contributed by atoms with van der Waals surface area (Å²) in [5.74, 6) is -0.454. The van der Waals surface area contributed by atoms with Gasteiger partial charge in [-0.15, -0.1) is 0 Å². The van der Waals surface area contributed by atoms with Crippen molar-refractivity contribution in [1.82, 2.24) is 15.1 Å². The summed E-state index contributed by atoms with van der Waals surface area (Å²) in [5, 5.41) is 11.6. The minimum Gasteiger partial charge on any atom is -0.480 e. The van der Waals surface area contributed by atoms with Crippen LogP contribution >= 0.6 is 0 Å². The van der Waals surface area contributed by atoms with Gasteiger partial charge in [-0.2, -0.15) is 0 Å². The monoisotopic (exact) mass is 285 g/mol. The van der Waals surface area contributed by atoms with Crippen molar-refractivity contribution in [1.29, 1.82) is 0 Å². The lowest BCUT2D eigenvalue weighted by Gasteiger charge is -2.32.